The minimum atomic E-state index is -0.856. The van der Waals surface area contributed by atoms with Crippen LogP contribution in [0.5, 0.6) is 0 Å². The van der Waals surface area contributed by atoms with E-state index in [2.05, 4.69) is 31.3 Å². The standard InChI is InChI=1S/C59H113NO5/c1-3-5-7-9-11-13-15-17-19-20-21-22-23-24-26-27-31-35-39-43-47-51-57(62)56(55-61)60-58(63)52-48-44-40-36-32-29-30-34-38-42-46-50-54-65-59(64)53-49-45-41-37-33-28-25-18-16-14-12-10-8-6-4-2/h18,25,47,51,56-57,61-62H,3-17,19-24,26-46,48-50,52-55H2,1-2H3,(H,60,63)/b25-18-,51-47+. The highest BCUT2D eigenvalue weighted by molar-refractivity contribution is 5.76. The number of carbonyl (C=O) groups is 2. The van der Waals surface area contributed by atoms with Crippen LogP contribution in [0.2, 0.25) is 0 Å². The molecular formula is C59H113NO5. The number of rotatable bonds is 54. The molecule has 0 bridgehead atoms. The maximum Gasteiger partial charge on any atom is 0.305 e. The molecular weight excluding hydrogens is 803 g/mol. The molecule has 0 fully saturated rings. The minimum Gasteiger partial charge on any atom is -0.466 e. The molecule has 2 unspecified atom stereocenters. The molecule has 6 nitrogen and oxygen atoms in total. The number of hydrogen-bond donors (Lipinski definition) is 3. The number of unbranched alkanes of at least 4 members (excludes halogenated alkanes) is 41. The third-order valence-corrected chi connectivity index (χ3v) is 13.5. The maximum absolute atomic E-state index is 12.5. The average molecular weight is 917 g/mol. The highest BCUT2D eigenvalue weighted by Crippen LogP contribution is 2.17. The Balaban J connectivity index is 3.49. The molecule has 0 heterocycles. The molecule has 0 aromatic carbocycles. The first-order valence-corrected chi connectivity index (χ1v) is 29.1. The van der Waals surface area contributed by atoms with Gasteiger partial charge in [0.25, 0.3) is 0 Å². The minimum absolute atomic E-state index is 0.0182. The number of hydrogen-bond acceptors (Lipinski definition) is 5. The number of allylic oxidation sites excluding steroid dienone is 3. The summed E-state index contributed by atoms with van der Waals surface area (Å²) in [6, 6.07) is -0.640. The van der Waals surface area contributed by atoms with E-state index in [4.69, 9.17) is 4.74 Å². The molecule has 2 atom stereocenters. The van der Waals surface area contributed by atoms with Crippen molar-refractivity contribution >= 4 is 11.9 Å². The van der Waals surface area contributed by atoms with Crippen LogP contribution in [-0.4, -0.2) is 47.4 Å². The monoisotopic (exact) mass is 916 g/mol. The molecule has 0 rings (SSSR count). The number of aliphatic hydroxyl groups excluding tert-OH is 2. The third-order valence-electron chi connectivity index (χ3n) is 13.5. The van der Waals surface area contributed by atoms with Crippen molar-refractivity contribution in [2.24, 2.45) is 0 Å². The Morgan fingerprint density at radius 3 is 1.09 bits per heavy atom. The van der Waals surface area contributed by atoms with E-state index in [1.165, 1.54) is 231 Å². The second-order valence-electron chi connectivity index (χ2n) is 20.0. The summed E-state index contributed by atoms with van der Waals surface area (Å²) in [5, 5.41) is 23.2. The fraction of sp³-hybridized carbons (Fsp3) is 0.898. The van der Waals surface area contributed by atoms with Crippen LogP contribution in [0.15, 0.2) is 24.3 Å². The Bertz CT molecular complexity index is 1010. The van der Waals surface area contributed by atoms with Crippen LogP contribution in [0.1, 0.15) is 316 Å². The number of nitrogens with one attached hydrogen (secondary N) is 1. The van der Waals surface area contributed by atoms with Crippen LogP contribution in [0.4, 0.5) is 0 Å². The van der Waals surface area contributed by atoms with Crippen LogP contribution in [-0.2, 0) is 14.3 Å². The summed E-state index contributed by atoms with van der Waals surface area (Å²) in [5.74, 6) is -0.0995. The van der Waals surface area contributed by atoms with Crippen molar-refractivity contribution in [2.75, 3.05) is 13.2 Å². The Hall–Kier alpha value is -1.66. The topological polar surface area (TPSA) is 95.9 Å². The van der Waals surface area contributed by atoms with Crippen LogP contribution in [0.25, 0.3) is 0 Å². The molecule has 65 heavy (non-hydrogen) atoms. The smallest absolute Gasteiger partial charge is 0.305 e. The predicted octanol–water partition coefficient (Wildman–Crippen LogP) is 17.9. The maximum atomic E-state index is 12.5. The summed E-state index contributed by atoms with van der Waals surface area (Å²) < 4.78 is 5.46. The predicted molar refractivity (Wildman–Crippen MR) is 283 cm³/mol. The number of esters is 1. The molecule has 0 aromatic rings. The van der Waals surface area contributed by atoms with Gasteiger partial charge in [0.05, 0.1) is 25.4 Å². The van der Waals surface area contributed by atoms with Crippen molar-refractivity contribution < 1.29 is 24.5 Å². The van der Waals surface area contributed by atoms with Gasteiger partial charge in [-0.2, -0.15) is 0 Å². The van der Waals surface area contributed by atoms with E-state index in [9.17, 15) is 19.8 Å². The average Bonchev–Trinajstić information content (AvgIpc) is 3.31. The number of amides is 1. The highest BCUT2D eigenvalue weighted by atomic mass is 16.5. The second kappa shape index (κ2) is 54.9. The number of ether oxygens (including phenoxy) is 1. The molecule has 1 amide bonds. The van der Waals surface area contributed by atoms with Crippen molar-refractivity contribution in [1.82, 2.24) is 5.32 Å². The SMILES string of the molecule is CCCCCCCC/C=C\CCCCCCCC(=O)OCCCCCCCCCCCCCCC(=O)NC(CO)C(O)/C=C/CCCCCCCCCCCCCCCCCCCCC. The number of carbonyl (C=O) groups excluding carboxylic acids is 2. The lowest BCUT2D eigenvalue weighted by molar-refractivity contribution is -0.143. The fourth-order valence-electron chi connectivity index (χ4n) is 8.98. The Morgan fingerprint density at radius 1 is 0.415 bits per heavy atom. The quantitative estimate of drug-likeness (QED) is 0.0321. The normalized spacial score (nSPS) is 12.7. The van der Waals surface area contributed by atoms with Crippen LogP contribution in [0.3, 0.4) is 0 Å². The van der Waals surface area contributed by atoms with Crippen molar-refractivity contribution in [1.29, 1.82) is 0 Å². The zero-order valence-electron chi connectivity index (χ0n) is 43.7. The lowest BCUT2D eigenvalue weighted by Gasteiger charge is -2.20. The van der Waals surface area contributed by atoms with Gasteiger partial charge >= 0.3 is 5.97 Å². The third kappa shape index (κ3) is 51.6. The molecule has 0 saturated heterocycles. The largest absolute Gasteiger partial charge is 0.466 e. The van der Waals surface area contributed by atoms with Crippen LogP contribution < -0.4 is 5.32 Å². The first-order valence-electron chi connectivity index (χ1n) is 29.1. The first-order chi connectivity index (χ1) is 32.0. The second-order valence-corrected chi connectivity index (χ2v) is 20.0. The molecule has 3 N–H and O–H groups in total. The summed E-state index contributed by atoms with van der Waals surface area (Å²) in [6.45, 7) is 4.88. The lowest BCUT2D eigenvalue weighted by atomic mass is 10.0. The van der Waals surface area contributed by atoms with Crippen molar-refractivity contribution in [3.8, 4) is 0 Å². The molecule has 384 valence electrons. The van der Waals surface area contributed by atoms with Crippen LogP contribution >= 0.6 is 0 Å². The van der Waals surface area contributed by atoms with E-state index in [0.29, 0.717) is 19.4 Å². The number of aliphatic hydroxyl groups is 2. The molecule has 0 aliphatic rings. The Kier molecular flexibility index (Phi) is 53.5. The van der Waals surface area contributed by atoms with Gasteiger partial charge in [-0.3, -0.25) is 9.59 Å². The summed E-state index contributed by atoms with van der Waals surface area (Å²) >= 11 is 0. The van der Waals surface area contributed by atoms with Crippen molar-refractivity contribution in [3.05, 3.63) is 24.3 Å². The molecule has 0 aliphatic heterocycles. The van der Waals surface area contributed by atoms with Gasteiger partial charge in [0.15, 0.2) is 0 Å². The van der Waals surface area contributed by atoms with Gasteiger partial charge in [-0.25, -0.2) is 0 Å². The molecule has 0 saturated carbocycles. The van der Waals surface area contributed by atoms with Gasteiger partial charge in [-0.05, 0) is 57.8 Å². The van der Waals surface area contributed by atoms with Crippen molar-refractivity contribution in [2.45, 2.75) is 328 Å². The summed E-state index contributed by atoms with van der Waals surface area (Å²) in [6.07, 6.45) is 66.2. The Morgan fingerprint density at radius 2 is 0.723 bits per heavy atom. The van der Waals surface area contributed by atoms with Gasteiger partial charge in [-0.1, -0.05) is 269 Å². The molecule has 6 heteroatoms. The van der Waals surface area contributed by atoms with E-state index < -0.39 is 12.1 Å². The van der Waals surface area contributed by atoms with Crippen LogP contribution in [0, 0.1) is 0 Å². The van der Waals surface area contributed by atoms with E-state index in [1.807, 2.05) is 6.08 Å². The molecule has 0 aliphatic carbocycles. The van der Waals surface area contributed by atoms with E-state index in [1.54, 1.807) is 6.08 Å². The van der Waals surface area contributed by atoms with Gasteiger partial charge < -0.3 is 20.3 Å². The van der Waals surface area contributed by atoms with Gasteiger partial charge in [0.2, 0.25) is 5.91 Å². The van der Waals surface area contributed by atoms with E-state index in [0.717, 1.165) is 57.8 Å². The summed E-state index contributed by atoms with van der Waals surface area (Å²) in [5.41, 5.74) is 0. The fourth-order valence-corrected chi connectivity index (χ4v) is 8.98. The molecule has 0 radical (unpaired) electrons. The Labute approximate surface area is 405 Å². The summed E-state index contributed by atoms with van der Waals surface area (Å²) in [7, 11) is 0. The molecule has 0 spiro atoms. The van der Waals surface area contributed by atoms with Gasteiger partial charge in [0.1, 0.15) is 0 Å². The van der Waals surface area contributed by atoms with Gasteiger partial charge in [0, 0.05) is 12.8 Å². The zero-order chi connectivity index (χ0) is 47.2. The first kappa shape index (κ1) is 63.3. The zero-order valence-corrected chi connectivity index (χ0v) is 43.7. The lowest BCUT2D eigenvalue weighted by Crippen LogP contribution is -2.45. The summed E-state index contributed by atoms with van der Waals surface area (Å²) in [4.78, 5) is 24.5. The van der Waals surface area contributed by atoms with E-state index in [-0.39, 0.29) is 18.5 Å². The van der Waals surface area contributed by atoms with Gasteiger partial charge in [-0.15, -0.1) is 0 Å². The van der Waals surface area contributed by atoms with Crippen molar-refractivity contribution in [3.63, 3.8) is 0 Å². The molecule has 0 aromatic heterocycles. The highest BCUT2D eigenvalue weighted by Gasteiger charge is 2.18. The van der Waals surface area contributed by atoms with E-state index >= 15 is 0 Å².